The highest BCUT2D eigenvalue weighted by Crippen LogP contribution is 2.42. The number of rotatable bonds is 9. The highest BCUT2D eigenvalue weighted by molar-refractivity contribution is 9.10. The minimum atomic E-state index is -2.41. The highest BCUT2D eigenvalue weighted by Gasteiger charge is 2.60. The lowest BCUT2D eigenvalue weighted by Gasteiger charge is -2.48. The monoisotopic (exact) mass is 634 g/mol. The SMILES string of the molecule is CCc1ccc(Cc2cc([C@@]3(O)O[C@H](COC(C)=O)[C@@H](OC(C)=O)[C@H](OC(C)=O)[C@H]3OC(C)=O)cc(Br)c2C)cc1. The van der Waals surface area contributed by atoms with Crippen LogP contribution in [0.4, 0.5) is 0 Å². The summed E-state index contributed by atoms with van der Waals surface area (Å²) in [4.78, 5) is 48.1. The molecule has 2 aromatic carbocycles. The second kappa shape index (κ2) is 13.6. The van der Waals surface area contributed by atoms with Gasteiger partial charge in [-0.2, -0.15) is 0 Å². The number of carbonyl (C=O) groups excluding carboxylic acids is 4. The molecular weight excluding hydrogens is 600 g/mol. The first-order valence-electron chi connectivity index (χ1n) is 13.2. The quantitative estimate of drug-likeness (QED) is 0.320. The molecule has 1 aliphatic rings. The summed E-state index contributed by atoms with van der Waals surface area (Å²) in [5.41, 5.74) is 4.14. The molecule has 3 rings (SSSR count). The number of aryl methyl sites for hydroxylation is 1. The molecule has 2 aromatic rings. The molecule has 1 N–H and O–H groups in total. The molecule has 222 valence electrons. The number of esters is 4. The fraction of sp³-hybridized carbons (Fsp3) is 0.467. The van der Waals surface area contributed by atoms with Crippen LogP contribution in [-0.2, 0) is 61.5 Å². The van der Waals surface area contributed by atoms with Gasteiger partial charge in [-0.25, -0.2) is 0 Å². The number of halogens is 1. The molecular formula is C30H35BrO10. The molecule has 0 spiro atoms. The van der Waals surface area contributed by atoms with E-state index in [1.165, 1.54) is 12.5 Å². The van der Waals surface area contributed by atoms with E-state index in [0.29, 0.717) is 10.9 Å². The molecule has 1 fully saturated rings. The van der Waals surface area contributed by atoms with Crippen LogP contribution in [0.3, 0.4) is 0 Å². The normalized spacial score (nSPS) is 23.8. The van der Waals surface area contributed by atoms with Crippen LogP contribution in [0.2, 0.25) is 0 Å². The lowest BCUT2D eigenvalue weighted by atomic mass is 9.85. The second-order valence-electron chi connectivity index (χ2n) is 9.92. The Morgan fingerprint density at radius 3 is 1.98 bits per heavy atom. The van der Waals surface area contributed by atoms with E-state index in [2.05, 4.69) is 35.0 Å². The summed E-state index contributed by atoms with van der Waals surface area (Å²) in [6.07, 6.45) is -4.43. The fourth-order valence-corrected chi connectivity index (χ4v) is 5.25. The van der Waals surface area contributed by atoms with Crippen molar-refractivity contribution in [2.24, 2.45) is 0 Å². The summed E-state index contributed by atoms with van der Waals surface area (Å²) in [5, 5.41) is 12.2. The minimum Gasteiger partial charge on any atom is -0.463 e. The maximum atomic E-state index is 12.3. The smallest absolute Gasteiger partial charge is 0.303 e. The zero-order valence-corrected chi connectivity index (χ0v) is 25.5. The Morgan fingerprint density at radius 1 is 0.878 bits per heavy atom. The highest BCUT2D eigenvalue weighted by atomic mass is 79.9. The molecule has 0 radical (unpaired) electrons. The van der Waals surface area contributed by atoms with Gasteiger partial charge in [0, 0.05) is 37.7 Å². The zero-order valence-electron chi connectivity index (χ0n) is 23.9. The van der Waals surface area contributed by atoms with Gasteiger partial charge in [0.2, 0.25) is 11.9 Å². The Morgan fingerprint density at radius 2 is 1.44 bits per heavy atom. The first kappa shape index (κ1) is 32.2. The molecule has 0 bridgehead atoms. The Balaban J connectivity index is 2.17. The van der Waals surface area contributed by atoms with Crippen LogP contribution in [-0.4, -0.2) is 60.0 Å². The summed E-state index contributed by atoms with van der Waals surface area (Å²) < 4.78 is 28.3. The molecule has 1 aliphatic heterocycles. The van der Waals surface area contributed by atoms with Crippen molar-refractivity contribution in [2.45, 2.75) is 84.6 Å². The Kier molecular flexibility index (Phi) is 10.7. The van der Waals surface area contributed by atoms with Gasteiger partial charge >= 0.3 is 23.9 Å². The van der Waals surface area contributed by atoms with Crippen LogP contribution >= 0.6 is 15.9 Å². The lowest BCUT2D eigenvalue weighted by Crippen LogP contribution is -2.66. The standard InChI is InChI=1S/C30H35BrO10/c1-7-21-8-10-22(11-9-21)12-23-13-24(14-25(31)16(23)2)30(36)29(40-20(6)35)28(39-19(5)34)27(38-18(4)33)26(41-30)15-37-17(3)32/h8-11,13-14,26-29,36H,7,12,15H2,1-6H3/t26-,27-,28+,29-,30-/m1/s1. The molecule has 1 heterocycles. The largest absolute Gasteiger partial charge is 0.463 e. The van der Waals surface area contributed by atoms with E-state index in [-0.39, 0.29) is 5.56 Å². The van der Waals surface area contributed by atoms with Crippen LogP contribution in [0.15, 0.2) is 40.9 Å². The van der Waals surface area contributed by atoms with E-state index in [1.54, 1.807) is 12.1 Å². The number of aliphatic hydroxyl groups is 1. The molecule has 0 saturated carbocycles. The van der Waals surface area contributed by atoms with Gasteiger partial charge in [0.15, 0.2) is 12.2 Å². The third-order valence-corrected chi connectivity index (χ3v) is 7.57. The van der Waals surface area contributed by atoms with Crippen molar-refractivity contribution < 1.29 is 48.0 Å². The van der Waals surface area contributed by atoms with Gasteiger partial charge < -0.3 is 28.8 Å². The predicted molar refractivity (Wildman–Crippen MR) is 150 cm³/mol. The van der Waals surface area contributed by atoms with Crippen molar-refractivity contribution in [3.05, 3.63) is 68.7 Å². The first-order chi connectivity index (χ1) is 19.2. The number of hydrogen-bond donors (Lipinski definition) is 1. The van der Waals surface area contributed by atoms with Gasteiger partial charge in [0.1, 0.15) is 12.7 Å². The summed E-state index contributed by atoms with van der Waals surface area (Å²) >= 11 is 3.56. The summed E-state index contributed by atoms with van der Waals surface area (Å²) in [6.45, 7) is 8.09. The molecule has 11 heteroatoms. The molecule has 10 nitrogen and oxygen atoms in total. The van der Waals surface area contributed by atoms with Gasteiger partial charge in [-0.15, -0.1) is 0 Å². The van der Waals surface area contributed by atoms with Gasteiger partial charge in [-0.1, -0.05) is 47.1 Å². The first-order valence-corrected chi connectivity index (χ1v) is 14.0. The third-order valence-electron chi connectivity index (χ3n) is 6.74. The van der Waals surface area contributed by atoms with E-state index in [1.807, 2.05) is 19.1 Å². The Labute approximate surface area is 247 Å². The molecule has 0 amide bonds. The van der Waals surface area contributed by atoms with Crippen LogP contribution < -0.4 is 0 Å². The molecule has 1 saturated heterocycles. The molecule has 0 aliphatic carbocycles. The van der Waals surface area contributed by atoms with Crippen LogP contribution in [0.25, 0.3) is 0 Å². The van der Waals surface area contributed by atoms with Crippen LogP contribution in [0, 0.1) is 6.92 Å². The van der Waals surface area contributed by atoms with Crippen molar-refractivity contribution in [1.82, 2.24) is 0 Å². The van der Waals surface area contributed by atoms with Crippen LogP contribution in [0.5, 0.6) is 0 Å². The van der Waals surface area contributed by atoms with E-state index < -0.39 is 60.7 Å². The average molecular weight is 636 g/mol. The van der Waals surface area contributed by atoms with Gasteiger partial charge in [-0.3, -0.25) is 19.2 Å². The minimum absolute atomic E-state index is 0.174. The average Bonchev–Trinajstić information content (AvgIpc) is 2.89. The summed E-state index contributed by atoms with van der Waals surface area (Å²) in [5.74, 6) is -5.42. The van der Waals surface area contributed by atoms with Crippen molar-refractivity contribution in [1.29, 1.82) is 0 Å². The second-order valence-corrected chi connectivity index (χ2v) is 10.8. The molecule has 0 aromatic heterocycles. The molecule has 5 atom stereocenters. The fourth-order valence-electron chi connectivity index (χ4n) is 4.75. The van der Waals surface area contributed by atoms with Crippen LogP contribution in [0.1, 0.15) is 62.4 Å². The zero-order chi connectivity index (χ0) is 30.5. The van der Waals surface area contributed by atoms with Crippen molar-refractivity contribution in [3.8, 4) is 0 Å². The Bertz CT molecular complexity index is 1290. The van der Waals surface area contributed by atoms with Gasteiger partial charge in [0.05, 0.1) is 0 Å². The summed E-state index contributed by atoms with van der Waals surface area (Å²) in [6, 6.07) is 11.5. The van der Waals surface area contributed by atoms with E-state index in [0.717, 1.165) is 43.9 Å². The van der Waals surface area contributed by atoms with Crippen molar-refractivity contribution >= 4 is 39.8 Å². The van der Waals surface area contributed by atoms with Gasteiger partial charge in [-0.05, 0) is 54.2 Å². The van der Waals surface area contributed by atoms with Crippen molar-refractivity contribution in [3.63, 3.8) is 0 Å². The van der Waals surface area contributed by atoms with Gasteiger partial charge in [0.25, 0.3) is 0 Å². The molecule has 0 unspecified atom stereocenters. The van der Waals surface area contributed by atoms with Crippen molar-refractivity contribution in [2.75, 3.05) is 6.61 Å². The lowest BCUT2D eigenvalue weighted by molar-refractivity contribution is -0.360. The topological polar surface area (TPSA) is 135 Å². The third kappa shape index (κ3) is 7.93. The number of hydrogen-bond acceptors (Lipinski definition) is 10. The van der Waals surface area contributed by atoms with E-state index >= 15 is 0 Å². The maximum absolute atomic E-state index is 12.3. The number of benzene rings is 2. The number of carbonyl (C=O) groups is 4. The van der Waals surface area contributed by atoms with E-state index in [9.17, 15) is 24.3 Å². The van der Waals surface area contributed by atoms with E-state index in [4.69, 9.17) is 23.7 Å². The summed E-state index contributed by atoms with van der Waals surface area (Å²) in [7, 11) is 0. The number of ether oxygens (including phenoxy) is 5. The predicted octanol–water partition coefficient (Wildman–Crippen LogP) is 3.81. The molecule has 41 heavy (non-hydrogen) atoms. The Hall–Kier alpha value is -3.28. The maximum Gasteiger partial charge on any atom is 0.303 e.